The number of alkyl halides is 2. The first kappa shape index (κ1) is 31.7. The van der Waals surface area contributed by atoms with E-state index in [1.54, 1.807) is 11.0 Å². The molecule has 0 aliphatic carbocycles. The average Bonchev–Trinajstić information content (AvgIpc) is 3.67. The van der Waals surface area contributed by atoms with E-state index in [0.717, 1.165) is 51.6 Å². The molecule has 4 aliphatic rings. The summed E-state index contributed by atoms with van der Waals surface area (Å²) in [5.74, 6) is -0.214. The number of hydrogen-bond donors (Lipinski definition) is 0. The topological polar surface area (TPSA) is 93.2 Å². The number of carbonyl (C=O) groups excluding carboxylic acids is 1. The average molecular weight is 655 g/mol. The first-order valence-corrected chi connectivity index (χ1v) is 16.5. The molecule has 252 valence electrons. The highest BCUT2D eigenvalue weighted by Crippen LogP contribution is 2.41. The van der Waals surface area contributed by atoms with E-state index in [1.165, 1.54) is 24.4 Å². The van der Waals surface area contributed by atoms with Crippen molar-refractivity contribution in [1.29, 1.82) is 0 Å². The molecule has 10 nitrogen and oxygen atoms in total. The molecular weight excluding hydrogens is 613 g/mol. The number of fused-ring (bicyclic) bond motifs is 4. The van der Waals surface area contributed by atoms with Gasteiger partial charge in [0.05, 0.1) is 17.0 Å². The van der Waals surface area contributed by atoms with E-state index in [-0.39, 0.29) is 46.2 Å². The summed E-state index contributed by atoms with van der Waals surface area (Å²) in [5.41, 5.74) is -0.797. The van der Waals surface area contributed by atoms with Crippen molar-refractivity contribution in [2.45, 2.75) is 83.1 Å². The predicted molar refractivity (Wildman–Crippen MR) is 169 cm³/mol. The van der Waals surface area contributed by atoms with Gasteiger partial charge in [0.25, 0.3) is 0 Å². The van der Waals surface area contributed by atoms with Crippen molar-refractivity contribution in [2.24, 2.45) is 5.92 Å². The van der Waals surface area contributed by atoms with Crippen LogP contribution >= 0.6 is 0 Å². The van der Waals surface area contributed by atoms with Crippen LogP contribution in [0.2, 0.25) is 0 Å². The summed E-state index contributed by atoms with van der Waals surface area (Å²) in [6.07, 6.45) is 7.01. The summed E-state index contributed by atoms with van der Waals surface area (Å²) >= 11 is 0. The van der Waals surface area contributed by atoms with Crippen LogP contribution in [0, 0.1) is 11.7 Å². The number of nitrogens with zero attached hydrogens (tertiary/aromatic N) is 6. The van der Waals surface area contributed by atoms with Gasteiger partial charge in [-0.3, -0.25) is 9.88 Å². The van der Waals surface area contributed by atoms with Crippen LogP contribution in [-0.2, 0) is 4.74 Å². The molecule has 1 aromatic carbocycles. The molecule has 2 aromatic heterocycles. The van der Waals surface area contributed by atoms with Crippen LogP contribution in [-0.4, -0.2) is 94.0 Å². The van der Waals surface area contributed by atoms with Gasteiger partial charge < -0.3 is 24.0 Å². The van der Waals surface area contributed by atoms with E-state index in [9.17, 15) is 13.6 Å². The fourth-order valence-electron chi connectivity index (χ4n) is 7.85. The Kier molecular flexibility index (Phi) is 8.30. The van der Waals surface area contributed by atoms with Crippen LogP contribution in [0.15, 0.2) is 30.5 Å². The first-order chi connectivity index (χ1) is 22.5. The van der Waals surface area contributed by atoms with Crippen molar-refractivity contribution in [2.75, 3.05) is 44.2 Å². The largest absolute Gasteiger partial charge is 0.461 e. The first-order valence-electron chi connectivity index (χ1n) is 16.5. The molecule has 7 rings (SSSR count). The van der Waals surface area contributed by atoms with Gasteiger partial charge in [-0.1, -0.05) is 12.1 Å². The molecule has 0 radical (unpaired) electrons. The molecule has 6 heterocycles. The van der Waals surface area contributed by atoms with E-state index in [4.69, 9.17) is 19.2 Å². The number of likely N-dealkylation sites (tertiary alicyclic amines) is 1. The molecule has 0 saturated carbocycles. The van der Waals surface area contributed by atoms with E-state index in [1.807, 2.05) is 20.8 Å². The number of halogens is 3. The summed E-state index contributed by atoms with van der Waals surface area (Å²) < 4.78 is 59.8. The normalized spacial score (nSPS) is 22.5. The van der Waals surface area contributed by atoms with Crippen molar-refractivity contribution >= 4 is 22.8 Å². The molecule has 2 atom stereocenters. The second-order valence-corrected chi connectivity index (χ2v) is 14.2. The quantitative estimate of drug-likeness (QED) is 0.292. The van der Waals surface area contributed by atoms with Crippen molar-refractivity contribution in [3.05, 3.63) is 36.3 Å². The minimum Gasteiger partial charge on any atom is -0.461 e. The summed E-state index contributed by atoms with van der Waals surface area (Å²) in [5, 5.41) is 0.369. The lowest BCUT2D eigenvalue weighted by molar-refractivity contribution is -0.0494. The van der Waals surface area contributed by atoms with Crippen molar-refractivity contribution < 1.29 is 32.2 Å². The van der Waals surface area contributed by atoms with Gasteiger partial charge in [-0.2, -0.15) is 18.7 Å². The zero-order valence-electron chi connectivity index (χ0n) is 27.1. The predicted octanol–water partition coefficient (Wildman–Crippen LogP) is 6.28. The fourth-order valence-corrected chi connectivity index (χ4v) is 7.85. The minimum atomic E-state index is -3.09. The maximum Gasteiger partial charge on any atom is 0.410 e. The van der Waals surface area contributed by atoms with E-state index < -0.39 is 18.0 Å². The Balaban J connectivity index is 1.27. The number of rotatable bonds is 7. The van der Waals surface area contributed by atoms with Gasteiger partial charge in [0.1, 0.15) is 35.0 Å². The van der Waals surface area contributed by atoms with Gasteiger partial charge >= 0.3 is 18.7 Å². The maximum atomic E-state index is 16.6. The molecule has 1 amide bonds. The summed E-state index contributed by atoms with van der Waals surface area (Å²) in [6, 6.07) is 5.91. The van der Waals surface area contributed by atoms with Crippen molar-refractivity contribution in [1.82, 2.24) is 24.8 Å². The molecule has 2 unspecified atom stereocenters. The molecule has 47 heavy (non-hydrogen) atoms. The van der Waals surface area contributed by atoms with Gasteiger partial charge in [0, 0.05) is 31.4 Å². The van der Waals surface area contributed by atoms with Gasteiger partial charge in [-0.25, -0.2) is 9.18 Å². The highest BCUT2D eigenvalue weighted by molar-refractivity contribution is 5.92. The number of anilines is 1. The van der Waals surface area contributed by atoms with Crippen LogP contribution < -0.4 is 14.4 Å². The minimum absolute atomic E-state index is 0.0209. The SMILES string of the molecule is CC(C)(C)OC(=O)N1CC2CCN(c3nc(OCC45CCCN4CCC5)nc4c(F)c(-c5ccccc5OC(F)F)ncc34)CC1C2. The molecule has 13 heteroatoms. The third-order valence-electron chi connectivity index (χ3n) is 9.95. The van der Waals surface area contributed by atoms with Crippen molar-refractivity contribution in [3.63, 3.8) is 0 Å². The zero-order chi connectivity index (χ0) is 32.9. The second kappa shape index (κ2) is 12.3. The third-order valence-corrected chi connectivity index (χ3v) is 9.95. The number of aromatic nitrogens is 3. The number of amides is 1. The highest BCUT2D eigenvalue weighted by atomic mass is 19.3. The van der Waals surface area contributed by atoms with E-state index in [0.29, 0.717) is 43.4 Å². The van der Waals surface area contributed by atoms with Crippen LogP contribution in [0.25, 0.3) is 22.2 Å². The summed E-state index contributed by atoms with van der Waals surface area (Å²) in [4.78, 5) is 33.3. The Labute approximate surface area is 272 Å². The molecule has 4 aliphatic heterocycles. The Bertz CT molecular complexity index is 1640. The standard InChI is InChI=1S/C34H41F3N6O4/c1-33(2,3)47-32(44)43-18-21-10-15-41(19-22(43)16-21)29-24-17-38-27(23-8-4-5-9-25(23)46-30(36)37)26(35)28(24)39-31(40-29)45-20-34-11-6-13-42(34)14-7-12-34/h4-5,8-9,17,21-22,30H,6-7,10-16,18-20H2,1-3H3. The lowest BCUT2D eigenvalue weighted by Crippen LogP contribution is -2.46. The molecular formula is C34H41F3N6O4. The highest BCUT2D eigenvalue weighted by Gasteiger charge is 2.45. The molecule has 0 N–H and O–H groups in total. The lowest BCUT2D eigenvalue weighted by atomic mass is 9.95. The number of pyridine rings is 1. The van der Waals surface area contributed by atoms with E-state index >= 15 is 4.39 Å². The summed E-state index contributed by atoms with van der Waals surface area (Å²) in [7, 11) is 0. The Morgan fingerprint density at radius 1 is 1.09 bits per heavy atom. The van der Waals surface area contributed by atoms with E-state index in [2.05, 4.69) is 19.8 Å². The lowest BCUT2D eigenvalue weighted by Gasteiger charge is -2.34. The molecule has 0 spiro atoms. The smallest absolute Gasteiger partial charge is 0.410 e. The maximum absolute atomic E-state index is 16.6. The van der Waals surface area contributed by atoms with Crippen LogP contribution in [0.5, 0.6) is 11.8 Å². The number of benzene rings is 1. The van der Waals surface area contributed by atoms with Crippen LogP contribution in [0.3, 0.4) is 0 Å². The summed E-state index contributed by atoms with van der Waals surface area (Å²) in [6.45, 7) is 6.65. The van der Waals surface area contributed by atoms with Crippen LogP contribution in [0.4, 0.5) is 23.8 Å². The molecule has 4 fully saturated rings. The third kappa shape index (κ3) is 6.26. The second-order valence-electron chi connectivity index (χ2n) is 14.2. The molecule has 2 bridgehead atoms. The van der Waals surface area contributed by atoms with Crippen LogP contribution in [0.1, 0.15) is 59.3 Å². The number of hydrogen-bond acceptors (Lipinski definition) is 9. The zero-order valence-corrected chi connectivity index (χ0v) is 27.1. The van der Waals surface area contributed by atoms with Gasteiger partial charge in [-0.05, 0) is 90.4 Å². The van der Waals surface area contributed by atoms with Crippen molar-refractivity contribution in [3.8, 4) is 23.0 Å². The fraction of sp³-hybridized carbons (Fsp3) is 0.588. The molecule has 3 aromatic rings. The van der Waals surface area contributed by atoms with Gasteiger partial charge in [0.2, 0.25) is 0 Å². The number of carbonyl (C=O) groups is 1. The Morgan fingerprint density at radius 3 is 2.60 bits per heavy atom. The monoisotopic (exact) mass is 654 g/mol. The number of para-hydroxylation sites is 1. The molecule has 4 saturated heterocycles. The Hall–Kier alpha value is -3.87. The Morgan fingerprint density at radius 2 is 1.85 bits per heavy atom. The van der Waals surface area contributed by atoms with Gasteiger partial charge in [0.15, 0.2) is 5.82 Å². The van der Waals surface area contributed by atoms with Gasteiger partial charge in [-0.15, -0.1) is 0 Å². The number of ether oxygens (including phenoxy) is 3.